The lowest BCUT2D eigenvalue weighted by Gasteiger charge is -2.27. The normalized spacial score (nSPS) is 14.6. The molecule has 0 spiro atoms. The van der Waals surface area contributed by atoms with E-state index in [1.54, 1.807) is 0 Å². The van der Waals surface area contributed by atoms with Crippen LogP contribution in [0, 0.1) is 6.92 Å². The van der Waals surface area contributed by atoms with E-state index in [0.717, 1.165) is 70.0 Å². The fourth-order valence-corrected chi connectivity index (χ4v) is 3.66. The fourth-order valence-electron chi connectivity index (χ4n) is 3.66. The van der Waals surface area contributed by atoms with Crippen molar-refractivity contribution >= 4 is 35.6 Å². The van der Waals surface area contributed by atoms with Crippen LogP contribution in [0.2, 0.25) is 0 Å². The molecule has 0 amide bonds. The molecule has 1 aliphatic heterocycles. The molecule has 1 aromatic heterocycles. The molecule has 10 heteroatoms. The molecule has 2 heterocycles. The molecular formula is C23H39IN8O. The SMILES string of the molecule is Cc1nnc(CN=C(NCCCN2CCOCC2)N(C)Cc2cccc(N(C)C)c2)n1C.I. The predicted octanol–water partition coefficient (Wildman–Crippen LogP) is 2.11. The average Bonchev–Trinajstić information content (AvgIpc) is 3.11. The van der Waals surface area contributed by atoms with Gasteiger partial charge in [0.15, 0.2) is 11.8 Å². The number of anilines is 1. The van der Waals surface area contributed by atoms with Crippen LogP contribution in [0.5, 0.6) is 0 Å². The molecule has 0 bridgehead atoms. The summed E-state index contributed by atoms with van der Waals surface area (Å²) in [4.78, 5) is 11.6. The molecule has 184 valence electrons. The molecule has 0 unspecified atom stereocenters. The van der Waals surface area contributed by atoms with Crippen LogP contribution >= 0.6 is 24.0 Å². The summed E-state index contributed by atoms with van der Waals surface area (Å²) in [7, 11) is 8.19. The lowest BCUT2D eigenvalue weighted by atomic mass is 10.2. The minimum absolute atomic E-state index is 0. The molecule has 1 fully saturated rings. The molecule has 0 aliphatic carbocycles. The second-order valence-electron chi connectivity index (χ2n) is 8.52. The standard InChI is InChI=1S/C23H38N8O.HI/c1-19-26-27-22(30(19)5)17-25-23(24-10-7-11-31-12-14-32-15-13-31)29(4)18-20-8-6-9-21(16-20)28(2)3;/h6,8-9,16H,7,10-15,17-18H2,1-5H3,(H,24,25);1H. The van der Waals surface area contributed by atoms with Crippen molar-refractivity contribution in [2.45, 2.75) is 26.4 Å². The highest BCUT2D eigenvalue weighted by molar-refractivity contribution is 14.0. The summed E-state index contributed by atoms with van der Waals surface area (Å²) in [6.45, 7) is 8.88. The number of aryl methyl sites for hydroxylation is 1. The maximum atomic E-state index is 5.44. The van der Waals surface area contributed by atoms with E-state index >= 15 is 0 Å². The van der Waals surface area contributed by atoms with Gasteiger partial charge in [0.25, 0.3) is 0 Å². The van der Waals surface area contributed by atoms with Gasteiger partial charge < -0.3 is 24.4 Å². The van der Waals surface area contributed by atoms with Crippen molar-refractivity contribution in [2.24, 2.45) is 12.0 Å². The third kappa shape index (κ3) is 8.42. The number of nitrogens with one attached hydrogen (secondary N) is 1. The van der Waals surface area contributed by atoms with E-state index in [4.69, 9.17) is 9.73 Å². The fraction of sp³-hybridized carbons (Fsp3) is 0.609. The van der Waals surface area contributed by atoms with Gasteiger partial charge in [0.1, 0.15) is 12.4 Å². The van der Waals surface area contributed by atoms with Crippen molar-refractivity contribution < 1.29 is 4.74 Å². The zero-order valence-corrected chi connectivity index (χ0v) is 23.0. The monoisotopic (exact) mass is 570 g/mol. The molecule has 3 rings (SSSR count). The van der Waals surface area contributed by atoms with E-state index in [1.165, 1.54) is 11.3 Å². The van der Waals surface area contributed by atoms with Crippen molar-refractivity contribution in [1.29, 1.82) is 0 Å². The molecule has 0 radical (unpaired) electrons. The summed E-state index contributed by atoms with van der Waals surface area (Å²) in [6.07, 6.45) is 1.06. The largest absolute Gasteiger partial charge is 0.379 e. The third-order valence-electron chi connectivity index (χ3n) is 5.80. The first-order valence-corrected chi connectivity index (χ1v) is 11.3. The van der Waals surface area contributed by atoms with Crippen molar-refractivity contribution in [3.63, 3.8) is 0 Å². The number of halogens is 1. The van der Waals surface area contributed by atoms with Crippen molar-refractivity contribution in [3.05, 3.63) is 41.5 Å². The van der Waals surface area contributed by atoms with Crippen LogP contribution in [0.4, 0.5) is 5.69 Å². The Bertz CT molecular complexity index is 879. The Morgan fingerprint density at radius 3 is 2.61 bits per heavy atom. The van der Waals surface area contributed by atoms with Crippen LogP contribution in [-0.4, -0.2) is 91.1 Å². The summed E-state index contributed by atoms with van der Waals surface area (Å²) in [5, 5.41) is 12.0. The van der Waals surface area contributed by atoms with Crippen LogP contribution in [0.1, 0.15) is 23.6 Å². The maximum absolute atomic E-state index is 5.44. The quantitative estimate of drug-likeness (QED) is 0.214. The van der Waals surface area contributed by atoms with Gasteiger partial charge in [-0.3, -0.25) is 4.90 Å². The lowest BCUT2D eigenvalue weighted by molar-refractivity contribution is 0.0375. The first kappa shape index (κ1) is 27.3. The third-order valence-corrected chi connectivity index (χ3v) is 5.80. The molecular weight excluding hydrogens is 531 g/mol. The summed E-state index contributed by atoms with van der Waals surface area (Å²) in [5.41, 5.74) is 2.44. The van der Waals surface area contributed by atoms with Gasteiger partial charge >= 0.3 is 0 Å². The minimum atomic E-state index is 0. The number of rotatable bonds is 9. The Labute approximate surface area is 215 Å². The van der Waals surface area contributed by atoms with Gasteiger partial charge in [-0.2, -0.15) is 0 Å². The first-order chi connectivity index (χ1) is 15.4. The summed E-state index contributed by atoms with van der Waals surface area (Å²) >= 11 is 0. The van der Waals surface area contributed by atoms with Gasteiger partial charge in [0.05, 0.1) is 13.2 Å². The second-order valence-corrected chi connectivity index (χ2v) is 8.52. The average molecular weight is 571 g/mol. The van der Waals surface area contributed by atoms with E-state index < -0.39 is 0 Å². The smallest absolute Gasteiger partial charge is 0.194 e. The first-order valence-electron chi connectivity index (χ1n) is 11.3. The number of ether oxygens (including phenoxy) is 1. The zero-order chi connectivity index (χ0) is 22.9. The number of hydrogen-bond acceptors (Lipinski definition) is 6. The molecule has 1 N–H and O–H groups in total. The zero-order valence-electron chi connectivity index (χ0n) is 20.6. The molecule has 0 saturated carbocycles. The predicted molar refractivity (Wildman–Crippen MR) is 144 cm³/mol. The summed E-state index contributed by atoms with van der Waals surface area (Å²) < 4.78 is 7.43. The van der Waals surface area contributed by atoms with Crippen LogP contribution < -0.4 is 10.2 Å². The van der Waals surface area contributed by atoms with Crippen molar-refractivity contribution in [2.75, 3.05) is 65.4 Å². The molecule has 1 saturated heterocycles. The number of morpholine rings is 1. The molecule has 33 heavy (non-hydrogen) atoms. The highest BCUT2D eigenvalue weighted by Crippen LogP contribution is 2.15. The van der Waals surface area contributed by atoms with Gasteiger partial charge in [-0.1, -0.05) is 12.1 Å². The number of benzene rings is 1. The van der Waals surface area contributed by atoms with E-state index in [0.29, 0.717) is 6.54 Å². The van der Waals surface area contributed by atoms with E-state index in [9.17, 15) is 0 Å². The van der Waals surface area contributed by atoms with Gasteiger partial charge in [0.2, 0.25) is 0 Å². The van der Waals surface area contributed by atoms with E-state index in [-0.39, 0.29) is 24.0 Å². The molecule has 9 nitrogen and oxygen atoms in total. The number of nitrogens with zero attached hydrogens (tertiary/aromatic N) is 7. The highest BCUT2D eigenvalue weighted by atomic mass is 127. The molecule has 2 aromatic rings. The van der Waals surface area contributed by atoms with Gasteiger partial charge in [-0.05, 0) is 37.6 Å². The van der Waals surface area contributed by atoms with Gasteiger partial charge in [-0.15, -0.1) is 34.2 Å². The number of hydrogen-bond donors (Lipinski definition) is 1. The minimum Gasteiger partial charge on any atom is -0.379 e. The Balaban J connectivity index is 0.00000385. The topological polar surface area (TPSA) is 74.0 Å². The van der Waals surface area contributed by atoms with Crippen LogP contribution in [0.15, 0.2) is 29.3 Å². The number of aliphatic imine (C=N–C) groups is 1. The van der Waals surface area contributed by atoms with Crippen molar-refractivity contribution in [1.82, 2.24) is 29.9 Å². The van der Waals surface area contributed by atoms with Crippen molar-refractivity contribution in [3.8, 4) is 0 Å². The maximum Gasteiger partial charge on any atom is 0.194 e. The Hall–Kier alpha value is -1.92. The second kappa shape index (κ2) is 13.7. The Kier molecular flexibility index (Phi) is 11.3. The lowest BCUT2D eigenvalue weighted by Crippen LogP contribution is -2.41. The number of aromatic nitrogens is 3. The summed E-state index contributed by atoms with van der Waals surface area (Å²) in [6, 6.07) is 8.61. The Morgan fingerprint density at radius 1 is 1.18 bits per heavy atom. The highest BCUT2D eigenvalue weighted by Gasteiger charge is 2.12. The summed E-state index contributed by atoms with van der Waals surface area (Å²) in [5.74, 6) is 2.63. The van der Waals surface area contributed by atoms with Crippen LogP contribution in [-0.2, 0) is 24.9 Å². The van der Waals surface area contributed by atoms with Crippen LogP contribution in [0.3, 0.4) is 0 Å². The molecule has 1 aliphatic rings. The van der Waals surface area contributed by atoms with E-state index in [2.05, 4.69) is 75.6 Å². The van der Waals surface area contributed by atoms with Gasteiger partial charge in [0, 0.05) is 60.1 Å². The van der Waals surface area contributed by atoms with Gasteiger partial charge in [-0.25, -0.2) is 4.99 Å². The molecule has 0 atom stereocenters. The molecule has 1 aromatic carbocycles. The van der Waals surface area contributed by atoms with Crippen LogP contribution in [0.25, 0.3) is 0 Å². The van der Waals surface area contributed by atoms with E-state index in [1.807, 2.05) is 18.5 Å². The number of guanidine groups is 1. The Morgan fingerprint density at radius 2 is 1.94 bits per heavy atom.